The summed E-state index contributed by atoms with van der Waals surface area (Å²) in [6.45, 7) is 4.00. The van der Waals surface area contributed by atoms with E-state index >= 15 is 0 Å². The largest absolute Gasteiger partial charge is 0.327 e. The molecule has 2 aromatic rings. The van der Waals surface area contributed by atoms with Gasteiger partial charge in [-0.25, -0.2) is 4.98 Å². The van der Waals surface area contributed by atoms with Crippen molar-refractivity contribution in [2.45, 2.75) is 38.8 Å². The van der Waals surface area contributed by atoms with Crippen LogP contribution < -0.4 is 11.5 Å². The van der Waals surface area contributed by atoms with E-state index in [2.05, 4.69) is 40.5 Å². The maximum absolute atomic E-state index is 5.94. The van der Waals surface area contributed by atoms with Gasteiger partial charge in [0.15, 0.2) is 0 Å². The molecule has 0 amide bonds. The van der Waals surface area contributed by atoms with Crippen molar-refractivity contribution in [3.05, 3.63) is 46.2 Å². The molecule has 5 heteroatoms. The van der Waals surface area contributed by atoms with E-state index in [1.54, 1.807) is 0 Å². The molecule has 2 rings (SSSR count). The molecule has 1 aromatic carbocycles. The van der Waals surface area contributed by atoms with Gasteiger partial charge in [-0.15, -0.1) is 0 Å². The van der Waals surface area contributed by atoms with Gasteiger partial charge in [0.25, 0.3) is 0 Å². The predicted molar refractivity (Wildman–Crippen MR) is 79.2 cm³/mol. The Bertz CT molecular complexity index is 518. The van der Waals surface area contributed by atoms with E-state index in [4.69, 9.17) is 11.5 Å². The fraction of sp³-hybridized carbons (Fsp3) is 0.429. The van der Waals surface area contributed by atoms with Crippen LogP contribution in [-0.2, 0) is 12.8 Å². The van der Waals surface area contributed by atoms with Crippen LogP contribution in [0.2, 0.25) is 0 Å². The number of aromatic nitrogens is 2. The molecule has 0 spiro atoms. The topological polar surface area (TPSA) is 77.8 Å². The van der Waals surface area contributed by atoms with Crippen LogP contribution in [-0.4, -0.2) is 21.4 Å². The molecule has 1 aromatic heterocycles. The first kappa shape index (κ1) is 14.1. The number of nitrogens with zero attached hydrogens (tertiary/aromatic N) is 2. The highest BCUT2D eigenvalue weighted by Crippen LogP contribution is 2.12. The summed E-state index contributed by atoms with van der Waals surface area (Å²) in [6, 6.07) is 8.36. The average Bonchev–Trinajstić information content (AvgIpc) is 2.79. The van der Waals surface area contributed by atoms with Gasteiger partial charge in [0.2, 0.25) is 0 Å². The number of aryl methyl sites for hydroxylation is 1. The first-order chi connectivity index (χ1) is 9.04. The SMILES string of the molecule is Cc1ccc(Cc2nsc(CC(N)C(C)N)n2)cc1. The molecule has 0 radical (unpaired) electrons. The summed E-state index contributed by atoms with van der Waals surface area (Å²) in [7, 11) is 0. The number of hydrogen-bond acceptors (Lipinski definition) is 5. The summed E-state index contributed by atoms with van der Waals surface area (Å²) < 4.78 is 4.38. The van der Waals surface area contributed by atoms with Gasteiger partial charge in [0.05, 0.1) is 0 Å². The summed E-state index contributed by atoms with van der Waals surface area (Å²) in [5, 5.41) is 0.965. The van der Waals surface area contributed by atoms with Gasteiger partial charge in [-0.1, -0.05) is 29.8 Å². The van der Waals surface area contributed by atoms with Crippen LogP contribution in [0.4, 0.5) is 0 Å². The fourth-order valence-electron chi connectivity index (χ4n) is 1.72. The fourth-order valence-corrected chi connectivity index (χ4v) is 2.45. The Balaban J connectivity index is 1.99. The second-order valence-electron chi connectivity index (χ2n) is 4.99. The van der Waals surface area contributed by atoms with Crippen LogP contribution in [0, 0.1) is 6.92 Å². The van der Waals surface area contributed by atoms with Crippen molar-refractivity contribution in [2.24, 2.45) is 11.5 Å². The highest BCUT2D eigenvalue weighted by atomic mass is 32.1. The molecule has 0 aliphatic rings. The van der Waals surface area contributed by atoms with Gasteiger partial charge in [-0.2, -0.15) is 4.37 Å². The Labute approximate surface area is 118 Å². The van der Waals surface area contributed by atoms with Crippen LogP contribution >= 0.6 is 11.5 Å². The second kappa shape index (κ2) is 6.23. The zero-order chi connectivity index (χ0) is 13.8. The molecule has 0 saturated heterocycles. The van der Waals surface area contributed by atoms with Gasteiger partial charge in [-0.3, -0.25) is 0 Å². The van der Waals surface area contributed by atoms with Gasteiger partial charge in [0.1, 0.15) is 10.8 Å². The van der Waals surface area contributed by atoms with Crippen molar-refractivity contribution in [1.82, 2.24) is 9.36 Å². The number of rotatable bonds is 5. The summed E-state index contributed by atoms with van der Waals surface area (Å²) in [5.41, 5.74) is 14.2. The zero-order valence-electron chi connectivity index (χ0n) is 11.3. The summed E-state index contributed by atoms with van der Waals surface area (Å²) in [5.74, 6) is 0.862. The summed E-state index contributed by atoms with van der Waals surface area (Å²) >= 11 is 1.42. The Morgan fingerprint density at radius 3 is 2.53 bits per heavy atom. The van der Waals surface area contributed by atoms with E-state index in [1.807, 2.05) is 6.92 Å². The lowest BCUT2D eigenvalue weighted by atomic mass is 10.1. The standard InChI is InChI=1S/C14H20N4S/c1-9-3-5-11(6-4-9)7-13-17-14(19-18-13)8-12(16)10(2)15/h3-6,10,12H,7-8,15-16H2,1-2H3. The lowest BCUT2D eigenvalue weighted by Gasteiger charge is -2.12. The maximum atomic E-state index is 5.94. The van der Waals surface area contributed by atoms with E-state index in [0.29, 0.717) is 6.42 Å². The molecule has 102 valence electrons. The molecule has 2 atom stereocenters. The lowest BCUT2D eigenvalue weighted by Crippen LogP contribution is -2.40. The van der Waals surface area contributed by atoms with Gasteiger partial charge >= 0.3 is 0 Å². The van der Waals surface area contributed by atoms with Gasteiger partial charge < -0.3 is 11.5 Å². The van der Waals surface area contributed by atoms with E-state index < -0.39 is 0 Å². The monoisotopic (exact) mass is 276 g/mol. The Hall–Kier alpha value is -1.30. The Morgan fingerprint density at radius 1 is 1.21 bits per heavy atom. The Kier molecular flexibility index (Phi) is 4.63. The normalized spacial score (nSPS) is 14.3. The number of hydrogen-bond donors (Lipinski definition) is 2. The molecular weight excluding hydrogens is 256 g/mol. The third-order valence-corrected chi connectivity index (χ3v) is 3.85. The molecule has 0 bridgehead atoms. The van der Waals surface area contributed by atoms with Crippen molar-refractivity contribution < 1.29 is 0 Å². The van der Waals surface area contributed by atoms with E-state index in [-0.39, 0.29) is 12.1 Å². The van der Waals surface area contributed by atoms with Crippen LogP contribution in [0.15, 0.2) is 24.3 Å². The third-order valence-electron chi connectivity index (χ3n) is 3.08. The quantitative estimate of drug-likeness (QED) is 0.870. The molecule has 4 nitrogen and oxygen atoms in total. The van der Waals surface area contributed by atoms with Crippen LogP contribution in [0.3, 0.4) is 0 Å². The molecule has 0 fully saturated rings. The van der Waals surface area contributed by atoms with Gasteiger partial charge in [-0.05, 0) is 30.9 Å². The summed E-state index contributed by atoms with van der Waals surface area (Å²) in [4.78, 5) is 4.52. The van der Waals surface area contributed by atoms with E-state index in [1.165, 1.54) is 22.7 Å². The van der Waals surface area contributed by atoms with Crippen LogP contribution in [0.5, 0.6) is 0 Å². The second-order valence-corrected chi connectivity index (χ2v) is 5.83. The highest BCUT2D eigenvalue weighted by molar-refractivity contribution is 7.05. The third kappa shape index (κ3) is 4.09. The highest BCUT2D eigenvalue weighted by Gasteiger charge is 2.12. The van der Waals surface area contributed by atoms with Crippen molar-refractivity contribution >= 4 is 11.5 Å². The van der Waals surface area contributed by atoms with Crippen LogP contribution in [0.25, 0.3) is 0 Å². The van der Waals surface area contributed by atoms with Crippen molar-refractivity contribution in [3.63, 3.8) is 0 Å². The minimum atomic E-state index is -0.0554. The lowest BCUT2D eigenvalue weighted by molar-refractivity contribution is 0.556. The molecule has 19 heavy (non-hydrogen) atoms. The number of benzene rings is 1. The molecule has 2 unspecified atom stereocenters. The maximum Gasteiger partial charge on any atom is 0.146 e. The molecular formula is C14H20N4S. The smallest absolute Gasteiger partial charge is 0.146 e. The summed E-state index contributed by atoms with van der Waals surface area (Å²) in [6.07, 6.45) is 1.47. The minimum absolute atomic E-state index is 0.0237. The van der Waals surface area contributed by atoms with Crippen LogP contribution in [0.1, 0.15) is 28.9 Å². The predicted octanol–water partition coefficient (Wildman–Crippen LogP) is 1.65. The van der Waals surface area contributed by atoms with E-state index in [0.717, 1.165) is 17.3 Å². The van der Waals surface area contributed by atoms with Crippen molar-refractivity contribution in [2.75, 3.05) is 0 Å². The molecule has 0 saturated carbocycles. The minimum Gasteiger partial charge on any atom is -0.327 e. The first-order valence-corrected chi connectivity index (χ1v) is 7.20. The van der Waals surface area contributed by atoms with E-state index in [9.17, 15) is 0 Å². The molecule has 0 aliphatic carbocycles. The Morgan fingerprint density at radius 2 is 1.89 bits per heavy atom. The number of nitrogens with two attached hydrogens (primary N) is 2. The average molecular weight is 276 g/mol. The molecule has 0 aliphatic heterocycles. The van der Waals surface area contributed by atoms with Crippen molar-refractivity contribution in [3.8, 4) is 0 Å². The first-order valence-electron chi connectivity index (χ1n) is 6.43. The van der Waals surface area contributed by atoms with Crippen molar-refractivity contribution in [1.29, 1.82) is 0 Å². The molecule has 4 N–H and O–H groups in total. The van der Waals surface area contributed by atoms with Gasteiger partial charge in [0, 0.05) is 24.9 Å². The zero-order valence-corrected chi connectivity index (χ0v) is 12.2. The molecule has 1 heterocycles.